The summed E-state index contributed by atoms with van der Waals surface area (Å²) in [5.74, 6) is -0.649. The number of rotatable bonds is 4. The van der Waals surface area contributed by atoms with E-state index in [2.05, 4.69) is 0 Å². The van der Waals surface area contributed by atoms with Crippen molar-refractivity contribution in [2.75, 3.05) is 12.3 Å². The normalized spacial score (nSPS) is 27.6. The van der Waals surface area contributed by atoms with Gasteiger partial charge < -0.3 is 5.11 Å². The van der Waals surface area contributed by atoms with Crippen LogP contribution in [0.1, 0.15) is 38.5 Å². The molecule has 0 bridgehead atoms. The van der Waals surface area contributed by atoms with E-state index in [1.54, 1.807) is 0 Å². The predicted octanol–water partition coefficient (Wildman–Crippen LogP) is 1.06. The van der Waals surface area contributed by atoms with E-state index in [-0.39, 0.29) is 11.7 Å². The molecule has 2 fully saturated rings. The number of carboxylic acid groups (broad SMARTS) is 1. The third kappa shape index (κ3) is 2.80. The number of carboxylic acids is 1. The molecule has 17 heavy (non-hydrogen) atoms. The molecule has 0 amide bonds. The summed E-state index contributed by atoms with van der Waals surface area (Å²) in [4.78, 5) is 11.0. The number of hydrogen-bond donors (Lipinski definition) is 1. The highest BCUT2D eigenvalue weighted by molar-refractivity contribution is 7.89. The van der Waals surface area contributed by atoms with Crippen LogP contribution in [-0.2, 0) is 14.8 Å². The molecule has 5 nitrogen and oxygen atoms in total. The highest BCUT2D eigenvalue weighted by Gasteiger charge is 2.39. The first-order valence-electron chi connectivity index (χ1n) is 6.23. The van der Waals surface area contributed by atoms with Gasteiger partial charge in [0.15, 0.2) is 0 Å². The summed E-state index contributed by atoms with van der Waals surface area (Å²) in [6.45, 7) is 0.367. The van der Waals surface area contributed by atoms with E-state index in [0.29, 0.717) is 19.4 Å². The van der Waals surface area contributed by atoms with Gasteiger partial charge >= 0.3 is 5.97 Å². The van der Waals surface area contributed by atoms with E-state index in [9.17, 15) is 13.2 Å². The van der Waals surface area contributed by atoms with Crippen LogP contribution in [0.15, 0.2) is 0 Å². The molecular weight excluding hydrogens is 242 g/mol. The smallest absolute Gasteiger partial charge is 0.322 e. The molecule has 0 aromatic heterocycles. The molecule has 1 saturated carbocycles. The zero-order valence-electron chi connectivity index (χ0n) is 9.84. The van der Waals surface area contributed by atoms with Gasteiger partial charge in [-0.15, -0.1) is 0 Å². The van der Waals surface area contributed by atoms with Crippen molar-refractivity contribution in [3.63, 3.8) is 0 Å². The van der Waals surface area contributed by atoms with Crippen LogP contribution in [0.3, 0.4) is 0 Å². The summed E-state index contributed by atoms with van der Waals surface area (Å²) in [6.07, 6.45) is 5.22. The van der Waals surface area contributed by atoms with E-state index in [0.717, 1.165) is 25.7 Å². The molecule has 1 N–H and O–H groups in total. The predicted molar refractivity (Wildman–Crippen MR) is 63.1 cm³/mol. The summed E-state index contributed by atoms with van der Waals surface area (Å²) in [6, 6.07) is -0.832. The van der Waals surface area contributed by atoms with Crippen molar-refractivity contribution in [3.05, 3.63) is 0 Å². The molecular formula is C11H19NO4S. The maximum Gasteiger partial charge on any atom is 0.322 e. The second-order valence-corrected chi connectivity index (χ2v) is 7.00. The van der Waals surface area contributed by atoms with Crippen molar-refractivity contribution >= 4 is 16.0 Å². The van der Waals surface area contributed by atoms with Crippen molar-refractivity contribution in [3.8, 4) is 0 Å². The molecule has 2 rings (SSSR count). The van der Waals surface area contributed by atoms with Crippen LogP contribution in [0.2, 0.25) is 0 Å². The summed E-state index contributed by atoms with van der Waals surface area (Å²) in [5.41, 5.74) is 0. The SMILES string of the molecule is O=C(O)C1CCCN1S(=O)(=O)CC1CCCC1. The summed E-state index contributed by atoms with van der Waals surface area (Å²) >= 11 is 0. The van der Waals surface area contributed by atoms with Crippen molar-refractivity contribution in [1.82, 2.24) is 4.31 Å². The lowest BCUT2D eigenvalue weighted by Crippen LogP contribution is -2.42. The van der Waals surface area contributed by atoms with Gasteiger partial charge in [0, 0.05) is 6.54 Å². The van der Waals surface area contributed by atoms with Crippen molar-refractivity contribution in [2.45, 2.75) is 44.6 Å². The Morgan fingerprint density at radius 1 is 1.18 bits per heavy atom. The third-order valence-electron chi connectivity index (χ3n) is 3.77. The van der Waals surface area contributed by atoms with Crippen LogP contribution in [-0.4, -0.2) is 42.1 Å². The molecule has 98 valence electrons. The molecule has 0 radical (unpaired) electrons. The van der Waals surface area contributed by atoms with Crippen molar-refractivity contribution in [2.24, 2.45) is 5.92 Å². The Balaban J connectivity index is 2.06. The second-order valence-electron chi connectivity index (χ2n) is 5.04. The molecule has 0 aromatic carbocycles. The molecule has 1 atom stereocenters. The first-order valence-corrected chi connectivity index (χ1v) is 7.84. The van der Waals surface area contributed by atoms with Gasteiger partial charge in [-0.3, -0.25) is 4.79 Å². The molecule has 0 spiro atoms. The third-order valence-corrected chi connectivity index (χ3v) is 5.81. The average Bonchev–Trinajstić information content (AvgIpc) is 2.84. The minimum atomic E-state index is -3.39. The lowest BCUT2D eigenvalue weighted by atomic mass is 10.1. The molecule has 6 heteroatoms. The Morgan fingerprint density at radius 2 is 1.82 bits per heavy atom. The first kappa shape index (κ1) is 12.8. The number of nitrogens with zero attached hydrogens (tertiary/aromatic N) is 1. The van der Waals surface area contributed by atoms with E-state index in [4.69, 9.17) is 5.11 Å². The van der Waals surface area contributed by atoms with Gasteiger partial charge in [0.1, 0.15) is 6.04 Å². The Hall–Kier alpha value is -0.620. The van der Waals surface area contributed by atoms with Crippen LogP contribution in [0.5, 0.6) is 0 Å². The fourth-order valence-electron chi connectivity index (χ4n) is 2.89. The van der Waals surface area contributed by atoms with E-state index >= 15 is 0 Å². The van der Waals surface area contributed by atoms with E-state index in [1.165, 1.54) is 4.31 Å². The van der Waals surface area contributed by atoms with Crippen LogP contribution in [0.25, 0.3) is 0 Å². The Labute approximate surface area is 102 Å². The van der Waals surface area contributed by atoms with Crippen LogP contribution < -0.4 is 0 Å². The molecule has 0 aromatic rings. The van der Waals surface area contributed by atoms with Gasteiger partial charge in [-0.2, -0.15) is 4.31 Å². The molecule has 1 aliphatic carbocycles. The minimum Gasteiger partial charge on any atom is -0.480 e. The van der Waals surface area contributed by atoms with E-state index < -0.39 is 22.0 Å². The minimum absolute atomic E-state index is 0.136. The lowest BCUT2D eigenvalue weighted by molar-refractivity contribution is -0.140. The highest BCUT2D eigenvalue weighted by atomic mass is 32.2. The topological polar surface area (TPSA) is 74.7 Å². The van der Waals surface area contributed by atoms with Gasteiger partial charge in [0.2, 0.25) is 10.0 Å². The van der Waals surface area contributed by atoms with Gasteiger partial charge in [0.25, 0.3) is 0 Å². The molecule has 1 heterocycles. The number of aliphatic carboxylic acids is 1. The fraction of sp³-hybridized carbons (Fsp3) is 0.909. The molecule has 1 unspecified atom stereocenters. The van der Waals surface area contributed by atoms with Gasteiger partial charge in [-0.05, 0) is 31.6 Å². The van der Waals surface area contributed by atoms with Crippen LogP contribution in [0.4, 0.5) is 0 Å². The number of hydrogen-bond acceptors (Lipinski definition) is 3. The van der Waals surface area contributed by atoms with Gasteiger partial charge in [-0.1, -0.05) is 12.8 Å². The Morgan fingerprint density at radius 3 is 2.41 bits per heavy atom. The van der Waals surface area contributed by atoms with Crippen molar-refractivity contribution in [1.29, 1.82) is 0 Å². The maximum absolute atomic E-state index is 12.2. The summed E-state index contributed by atoms with van der Waals surface area (Å²) in [7, 11) is -3.39. The van der Waals surface area contributed by atoms with Crippen molar-refractivity contribution < 1.29 is 18.3 Å². The Kier molecular flexibility index (Phi) is 3.73. The van der Waals surface area contributed by atoms with Crippen LogP contribution >= 0.6 is 0 Å². The number of sulfonamides is 1. The van der Waals surface area contributed by atoms with Gasteiger partial charge in [-0.25, -0.2) is 8.42 Å². The largest absolute Gasteiger partial charge is 0.480 e. The zero-order chi connectivity index (χ0) is 12.5. The first-order chi connectivity index (χ1) is 8.00. The second kappa shape index (κ2) is 4.94. The summed E-state index contributed by atoms with van der Waals surface area (Å²) < 4.78 is 25.5. The quantitative estimate of drug-likeness (QED) is 0.821. The average molecular weight is 261 g/mol. The summed E-state index contributed by atoms with van der Waals surface area (Å²) in [5, 5.41) is 9.00. The molecule has 2 aliphatic rings. The number of carbonyl (C=O) groups is 1. The standard InChI is InChI=1S/C11H19NO4S/c13-11(14)10-6-3-7-12(10)17(15,16)8-9-4-1-2-5-9/h9-10H,1-8H2,(H,13,14). The monoisotopic (exact) mass is 261 g/mol. The van der Waals surface area contributed by atoms with Gasteiger partial charge in [0.05, 0.1) is 5.75 Å². The lowest BCUT2D eigenvalue weighted by Gasteiger charge is -2.22. The van der Waals surface area contributed by atoms with Crippen LogP contribution in [0, 0.1) is 5.92 Å². The highest BCUT2D eigenvalue weighted by Crippen LogP contribution is 2.29. The molecule has 1 aliphatic heterocycles. The van der Waals surface area contributed by atoms with E-state index in [1.807, 2.05) is 0 Å². The molecule has 1 saturated heterocycles. The maximum atomic E-state index is 12.2. The fourth-order valence-corrected chi connectivity index (χ4v) is 5.00. The zero-order valence-corrected chi connectivity index (χ0v) is 10.7. The Bertz CT molecular complexity index is 386.